The summed E-state index contributed by atoms with van der Waals surface area (Å²) in [5.74, 6) is 0.720. The SMILES string of the molecule is CCCC(c1cccs1)N1CCNCC1C(C)C. The zero-order valence-electron chi connectivity index (χ0n) is 11.9. The van der Waals surface area contributed by atoms with Crippen molar-refractivity contribution in [3.8, 4) is 0 Å². The van der Waals surface area contributed by atoms with Crippen LogP contribution in [-0.4, -0.2) is 30.6 Å². The fourth-order valence-corrected chi connectivity index (χ4v) is 3.85. The van der Waals surface area contributed by atoms with Gasteiger partial charge in [0.2, 0.25) is 0 Å². The van der Waals surface area contributed by atoms with E-state index < -0.39 is 0 Å². The van der Waals surface area contributed by atoms with Crippen LogP contribution in [-0.2, 0) is 0 Å². The summed E-state index contributed by atoms with van der Waals surface area (Å²) in [5.41, 5.74) is 0. The molecule has 1 aliphatic rings. The van der Waals surface area contributed by atoms with E-state index in [-0.39, 0.29) is 0 Å². The highest BCUT2D eigenvalue weighted by atomic mass is 32.1. The van der Waals surface area contributed by atoms with Gasteiger partial charge in [0.15, 0.2) is 0 Å². The summed E-state index contributed by atoms with van der Waals surface area (Å²) >= 11 is 1.92. The fourth-order valence-electron chi connectivity index (χ4n) is 2.97. The second kappa shape index (κ2) is 6.69. The van der Waals surface area contributed by atoms with Crippen LogP contribution in [0.5, 0.6) is 0 Å². The highest BCUT2D eigenvalue weighted by Crippen LogP contribution is 2.32. The maximum atomic E-state index is 3.55. The minimum absolute atomic E-state index is 0.629. The van der Waals surface area contributed by atoms with Crippen molar-refractivity contribution in [2.24, 2.45) is 5.92 Å². The van der Waals surface area contributed by atoms with Crippen molar-refractivity contribution in [2.45, 2.75) is 45.7 Å². The van der Waals surface area contributed by atoms with Crippen LogP contribution in [0.3, 0.4) is 0 Å². The molecule has 1 aromatic rings. The van der Waals surface area contributed by atoms with Crippen LogP contribution in [0.25, 0.3) is 0 Å². The molecule has 102 valence electrons. The minimum atomic E-state index is 0.629. The zero-order chi connectivity index (χ0) is 13.0. The number of hydrogen-bond donors (Lipinski definition) is 1. The van der Waals surface area contributed by atoms with Crippen LogP contribution in [0, 0.1) is 5.92 Å². The lowest BCUT2D eigenvalue weighted by molar-refractivity contribution is 0.0730. The standard InChI is InChI=1S/C15H26N2S/c1-4-6-13(15-7-5-10-18-15)17-9-8-16-11-14(17)12(2)3/h5,7,10,12-14,16H,4,6,8-9,11H2,1-3H3. The smallest absolute Gasteiger partial charge is 0.0445 e. The maximum Gasteiger partial charge on any atom is 0.0445 e. The number of piperazine rings is 1. The molecule has 0 aromatic carbocycles. The summed E-state index contributed by atoms with van der Waals surface area (Å²) in [6, 6.07) is 5.81. The molecule has 0 amide bonds. The molecule has 0 spiro atoms. The van der Waals surface area contributed by atoms with Gasteiger partial charge in [0, 0.05) is 36.6 Å². The number of rotatable bonds is 5. The number of thiophene rings is 1. The molecule has 2 rings (SSSR count). The Bertz CT molecular complexity index is 334. The molecular weight excluding hydrogens is 240 g/mol. The van der Waals surface area contributed by atoms with Gasteiger partial charge in [0.1, 0.15) is 0 Å². The summed E-state index contributed by atoms with van der Waals surface area (Å²) in [6.07, 6.45) is 2.54. The van der Waals surface area contributed by atoms with E-state index in [2.05, 4.69) is 48.5 Å². The molecule has 2 nitrogen and oxygen atoms in total. The van der Waals surface area contributed by atoms with Crippen molar-refractivity contribution < 1.29 is 0 Å². The van der Waals surface area contributed by atoms with E-state index in [0.29, 0.717) is 12.1 Å². The highest BCUT2D eigenvalue weighted by Gasteiger charge is 2.31. The van der Waals surface area contributed by atoms with Crippen molar-refractivity contribution >= 4 is 11.3 Å². The molecular formula is C15H26N2S. The first-order valence-electron chi connectivity index (χ1n) is 7.24. The lowest BCUT2D eigenvalue weighted by Crippen LogP contribution is -2.54. The summed E-state index contributed by atoms with van der Waals surface area (Å²) in [7, 11) is 0. The van der Waals surface area contributed by atoms with Crippen LogP contribution < -0.4 is 5.32 Å². The van der Waals surface area contributed by atoms with Gasteiger partial charge in [-0.2, -0.15) is 0 Å². The van der Waals surface area contributed by atoms with Gasteiger partial charge in [0.25, 0.3) is 0 Å². The predicted molar refractivity (Wildman–Crippen MR) is 80.2 cm³/mol. The molecule has 0 saturated carbocycles. The Morgan fingerprint density at radius 2 is 2.33 bits per heavy atom. The van der Waals surface area contributed by atoms with Crippen LogP contribution in [0.15, 0.2) is 17.5 Å². The lowest BCUT2D eigenvalue weighted by Gasteiger charge is -2.43. The Kier molecular flexibility index (Phi) is 5.22. The van der Waals surface area contributed by atoms with Crippen LogP contribution in [0.1, 0.15) is 44.5 Å². The van der Waals surface area contributed by atoms with E-state index in [1.54, 1.807) is 4.88 Å². The maximum absolute atomic E-state index is 3.55. The number of hydrogen-bond acceptors (Lipinski definition) is 3. The first-order chi connectivity index (χ1) is 8.74. The van der Waals surface area contributed by atoms with Crippen LogP contribution >= 0.6 is 11.3 Å². The van der Waals surface area contributed by atoms with Gasteiger partial charge in [-0.3, -0.25) is 4.90 Å². The van der Waals surface area contributed by atoms with E-state index in [9.17, 15) is 0 Å². The summed E-state index contributed by atoms with van der Waals surface area (Å²) < 4.78 is 0. The first kappa shape index (κ1) is 14.0. The van der Waals surface area contributed by atoms with Crippen molar-refractivity contribution in [3.05, 3.63) is 22.4 Å². The Labute approximate surface area is 115 Å². The molecule has 1 N–H and O–H groups in total. The largest absolute Gasteiger partial charge is 0.314 e. The van der Waals surface area contributed by atoms with E-state index >= 15 is 0 Å². The molecule has 0 aliphatic carbocycles. The van der Waals surface area contributed by atoms with Crippen LogP contribution in [0.2, 0.25) is 0 Å². The highest BCUT2D eigenvalue weighted by molar-refractivity contribution is 7.10. The third-order valence-corrected chi connectivity index (χ3v) is 4.90. The number of nitrogens with one attached hydrogen (secondary N) is 1. The minimum Gasteiger partial charge on any atom is -0.314 e. The second-order valence-corrected chi connectivity index (χ2v) is 6.55. The molecule has 2 unspecified atom stereocenters. The quantitative estimate of drug-likeness (QED) is 0.877. The zero-order valence-corrected chi connectivity index (χ0v) is 12.7. The Morgan fingerprint density at radius 1 is 1.50 bits per heavy atom. The van der Waals surface area contributed by atoms with E-state index in [1.165, 1.54) is 19.4 Å². The number of nitrogens with zero attached hydrogens (tertiary/aromatic N) is 1. The molecule has 2 atom stereocenters. The average molecular weight is 266 g/mol. The third-order valence-electron chi connectivity index (χ3n) is 3.93. The fraction of sp³-hybridized carbons (Fsp3) is 0.733. The van der Waals surface area contributed by atoms with Crippen LogP contribution in [0.4, 0.5) is 0 Å². The molecule has 3 heteroatoms. The molecule has 0 bridgehead atoms. The van der Waals surface area contributed by atoms with Gasteiger partial charge >= 0.3 is 0 Å². The van der Waals surface area contributed by atoms with Gasteiger partial charge in [-0.15, -0.1) is 11.3 Å². The molecule has 1 aromatic heterocycles. The van der Waals surface area contributed by atoms with Gasteiger partial charge in [-0.1, -0.05) is 33.3 Å². The topological polar surface area (TPSA) is 15.3 Å². The summed E-state index contributed by atoms with van der Waals surface area (Å²) in [5, 5.41) is 5.76. The predicted octanol–water partition coefficient (Wildman–Crippen LogP) is 3.52. The third kappa shape index (κ3) is 3.14. The van der Waals surface area contributed by atoms with Crippen molar-refractivity contribution in [1.82, 2.24) is 10.2 Å². The van der Waals surface area contributed by atoms with Gasteiger partial charge in [-0.05, 0) is 23.8 Å². The van der Waals surface area contributed by atoms with E-state index in [0.717, 1.165) is 19.0 Å². The van der Waals surface area contributed by atoms with Gasteiger partial charge in [0.05, 0.1) is 0 Å². The van der Waals surface area contributed by atoms with E-state index in [1.807, 2.05) is 11.3 Å². The molecule has 1 aliphatic heterocycles. The average Bonchev–Trinajstić information content (AvgIpc) is 2.89. The van der Waals surface area contributed by atoms with Gasteiger partial charge < -0.3 is 5.32 Å². The molecule has 1 saturated heterocycles. The normalized spacial score (nSPS) is 23.4. The molecule has 1 fully saturated rings. The van der Waals surface area contributed by atoms with Crippen molar-refractivity contribution in [1.29, 1.82) is 0 Å². The lowest BCUT2D eigenvalue weighted by atomic mass is 9.96. The summed E-state index contributed by atoms with van der Waals surface area (Å²) in [4.78, 5) is 4.29. The molecule has 18 heavy (non-hydrogen) atoms. The Morgan fingerprint density at radius 3 is 2.94 bits per heavy atom. The first-order valence-corrected chi connectivity index (χ1v) is 8.11. The monoisotopic (exact) mass is 266 g/mol. The Balaban J connectivity index is 2.17. The molecule has 0 radical (unpaired) electrons. The van der Waals surface area contributed by atoms with Crippen molar-refractivity contribution in [2.75, 3.05) is 19.6 Å². The Hall–Kier alpha value is -0.380. The second-order valence-electron chi connectivity index (χ2n) is 5.57. The van der Waals surface area contributed by atoms with E-state index in [4.69, 9.17) is 0 Å². The van der Waals surface area contributed by atoms with Gasteiger partial charge in [-0.25, -0.2) is 0 Å². The van der Waals surface area contributed by atoms with Crippen molar-refractivity contribution in [3.63, 3.8) is 0 Å². The summed E-state index contributed by atoms with van der Waals surface area (Å²) in [6.45, 7) is 10.5. The molecule has 2 heterocycles.